The van der Waals surface area contributed by atoms with Crippen LogP contribution in [0.4, 0.5) is 0 Å². The Morgan fingerprint density at radius 3 is 2.76 bits per heavy atom. The summed E-state index contributed by atoms with van der Waals surface area (Å²) in [6, 6.07) is 0. The lowest BCUT2D eigenvalue weighted by Gasteiger charge is -2.49. The fourth-order valence-corrected chi connectivity index (χ4v) is 4.61. The number of hydrogen-bond donors (Lipinski definition) is 0. The highest BCUT2D eigenvalue weighted by molar-refractivity contribution is 5.76. The second-order valence-electron chi connectivity index (χ2n) is 7.10. The van der Waals surface area contributed by atoms with Crippen molar-refractivity contribution in [1.29, 1.82) is 0 Å². The zero-order valence-corrected chi connectivity index (χ0v) is 13.3. The molecule has 1 saturated heterocycles. The summed E-state index contributed by atoms with van der Waals surface area (Å²) in [5.41, 5.74) is 2.37. The average Bonchev–Trinajstić information content (AvgIpc) is 2.68. The summed E-state index contributed by atoms with van der Waals surface area (Å²) in [6.07, 6.45) is 3.50. The number of allylic oxidation sites excluding steroid dienone is 1. The second kappa shape index (κ2) is 4.85. The van der Waals surface area contributed by atoms with E-state index in [9.17, 15) is 9.59 Å². The van der Waals surface area contributed by atoms with Gasteiger partial charge in [0, 0.05) is 18.3 Å². The van der Waals surface area contributed by atoms with Gasteiger partial charge in [-0.2, -0.15) is 0 Å². The molecule has 5 unspecified atom stereocenters. The number of hydrogen-bond acceptors (Lipinski definition) is 4. The molecule has 0 radical (unpaired) electrons. The van der Waals surface area contributed by atoms with Crippen LogP contribution in [0.2, 0.25) is 0 Å². The first kappa shape index (κ1) is 14.6. The van der Waals surface area contributed by atoms with Crippen molar-refractivity contribution < 1.29 is 19.1 Å². The van der Waals surface area contributed by atoms with E-state index in [2.05, 4.69) is 13.8 Å². The smallest absolute Gasteiger partial charge is 0.309 e. The van der Waals surface area contributed by atoms with E-state index in [-0.39, 0.29) is 41.4 Å². The lowest BCUT2D eigenvalue weighted by molar-refractivity contribution is -0.156. The molecule has 0 N–H and O–H groups in total. The van der Waals surface area contributed by atoms with Crippen molar-refractivity contribution in [1.82, 2.24) is 0 Å². The predicted molar refractivity (Wildman–Crippen MR) is 77.4 cm³/mol. The molecule has 4 nitrogen and oxygen atoms in total. The van der Waals surface area contributed by atoms with Gasteiger partial charge in [0.15, 0.2) is 0 Å². The maximum atomic E-state index is 12.0. The Morgan fingerprint density at radius 2 is 2.10 bits per heavy atom. The Morgan fingerprint density at radius 1 is 1.38 bits per heavy atom. The zero-order chi connectivity index (χ0) is 15.4. The minimum atomic E-state index is -0.223. The third-order valence-electron chi connectivity index (χ3n) is 5.80. The van der Waals surface area contributed by atoms with E-state index in [1.165, 1.54) is 18.1 Å². The van der Waals surface area contributed by atoms with E-state index in [1.807, 2.05) is 6.92 Å². The lowest BCUT2D eigenvalue weighted by atomic mass is 9.58. The molecule has 21 heavy (non-hydrogen) atoms. The Hall–Kier alpha value is -1.32. The second-order valence-corrected chi connectivity index (χ2v) is 7.10. The fraction of sp³-hybridized carbons (Fsp3) is 0.765. The highest BCUT2D eigenvalue weighted by Crippen LogP contribution is 2.56. The van der Waals surface area contributed by atoms with Gasteiger partial charge in [0.05, 0.1) is 5.92 Å². The van der Waals surface area contributed by atoms with E-state index < -0.39 is 0 Å². The SMILES string of the molecule is CC(=O)OC1CCC(C)=C2C3OC(=O)C(C)C3CCC21C. The van der Waals surface area contributed by atoms with Gasteiger partial charge in [-0.1, -0.05) is 19.4 Å². The normalized spacial score (nSPS) is 42.2. The number of carbonyl (C=O) groups is 2. The molecule has 1 heterocycles. The highest BCUT2D eigenvalue weighted by atomic mass is 16.6. The molecule has 3 aliphatic rings. The first-order valence-corrected chi connectivity index (χ1v) is 7.92. The molecule has 0 aromatic carbocycles. The maximum Gasteiger partial charge on any atom is 0.309 e. The molecule has 1 aliphatic heterocycles. The summed E-state index contributed by atoms with van der Waals surface area (Å²) in [5, 5.41) is 0. The first-order valence-electron chi connectivity index (χ1n) is 7.92. The molecule has 5 atom stereocenters. The molecule has 1 saturated carbocycles. The largest absolute Gasteiger partial charge is 0.462 e. The molecule has 2 aliphatic carbocycles. The summed E-state index contributed by atoms with van der Waals surface area (Å²) in [6.45, 7) is 7.75. The van der Waals surface area contributed by atoms with E-state index in [0.29, 0.717) is 0 Å². The highest BCUT2D eigenvalue weighted by Gasteiger charge is 2.56. The van der Waals surface area contributed by atoms with E-state index >= 15 is 0 Å². The van der Waals surface area contributed by atoms with Crippen molar-refractivity contribution in [2.75, 3.05) is 0 Å². The van der Waals surface area contributed by atoms with Crippen LogP contribution in [0.15, 0.2) is 11.1 Å². The molecule has 0 amide bonds. The Labute approximate surface area is 125 Å². The van der Waals surface area contributed by atoms with Crippen molar-refractivity contribution in [2.24, 2.45) is 17.3 Å². The molecule has 0 aromatic rings. The Balaban J connectivity index is 1.99. The van der Waals surface area contributed by atoms with Crippen LogP contribution < -0.4 is 0 Å². The van der Waals surface area contributed by atoms with Crippen molar-refractivity contribution in [3.63, 3.8) is 0 Å². The van der Waals surface area contributed by atoms with Crippen molar-refractivity contribution in [3.8, 4) is 0 Å². The van der Waals surface area contributed by atoms with E-state index in [1.54, 1.807) is 0 Å². The van der Waals surface area contributed by atoms with Crippen LogP contribution in [-0.2, 0) is 19.1 Å². The summed E-state index contributed by atoms with van der Waals surface area (Å²) in [7, 11) is 0. The predicted octanol–water partition coefficient (Wildman–Crippen LogP) is 3.01. The van der Waals surface area contributed by atoms with Crippen LogP contribution >= 0.6 is 0 Å². The van der Waals surface area contributed by atoms with Crippen LogP contribution in [0.5, 0.6) is 0 Å². The van der Waals surface area contributed by atoms with Crippen LogP contribution in [0, 0.1) is 17.3 Å². The quantitative estimate of drug-likeness (QED) is 0.550. The van der Waals surface area contributed by atoms with Gasteiger partial charge in [-0.15, -0.1) is 0 Å². The first-order chi connectivity index (χ1) is 9.84. The fourth-order valence-electron chi connectivity index (χ4n) is 4.61. The van der Waals surface area contributed by atoms with Crippen LogP contribution in [0.25, 0.3) is 0 Å². The van der Waals surface area contributed by atoms with Gasteiger partial charge in [0.1, 0.15) is 12.2 Å². The molecular weight excluding hydrogens is 268 g/mol. The standard InChI is InChI=1S/C17H24O4/c1-9-5-6-13(20-11(3)18)17(4)8-7-12-10(2)16(19)21-15(12)14(9)17/h10,12-13,15H,5-8H2,1-4H3. The molecule has 0 aromatic heterocycles. The number of esters is 2. The maximum absolute atomic E-state index is 12.0. The summed E-state index contributed by atoms with van der Waals surface area (Å²) < 4.78 is 11.3. The number of fused-ring (bicyclic) bond motifs is 3. The van der Waals surface area contributed by atoms with Crippen molar-refractivity contribution in [3.05, 3.63) is 11.1 Å². The average molecular weight is 292 g/mol. The van der Waals surface area contributed by atoms with Crippen molar-refractivity contribution >= 4 is 11.9 Å². The topological polar surface area (TPSA) is 52.6 Å². The Bertz CT molecular complexity index is 521. The number of ether oxygens (including phenoxy) is 2. The summed E-state index contributed by atoms with van der Waals surface area (Å²) in [4.78, 5) is 23.4. The van der Waals surface area contributed by atoms with Gasteiger partial charge < -0.3 is 9.47 Å². The molecular formula is C17H24O4. The third kappa shape index (κ3) is 2.11. The van der Waals surface area contributed by atoms with Gasteiger partial charge >= 0.3 is 11.9 Å². The van der Waals surface area contributed by atoms with Crippen LogP contribution in [0.1, 0.15) is 53.4 Å². The van der Waals surface area contributed by atoms with Gasteiger partial charge in [-0.3, -0.25) is 9.59 Å². The molecule has 116 valence electrons. The third-order valence-corrected chi connectivity index (χ3v) is 5.80. The van der Waals surface area contributed by atoms with Crippen LogP contribution in [-0.4, -0.2) is 24.1 Å². The molecule has 4 heteroatoms. The zero-order valence-electron chi connectivity index (χ0n) is 13.3. The van der Waals surface area contributed by atoms with Crippen LogP contribution in [0.3, 0.4) is 0 Å². The van der Waals surface area contributed by atoms with Gasteiger partial charge in [0.2, 0.25) is 0 Å². The number of carbonyl (C=O) groups excluding carboxylic acids is 2. The minimum Gasteiger partial charge on any atom is -0.462 e. The molecule has 3 rings (SSSR count). The Kier molecular flexibility index (Phi) is 3.38. The van der Waals surface area contributed by atoms with E-state index in [4.69, 9.17) is 9.47 Å². The number of rotatable bonds is 1. The monoisotopic (exact) mass is 292 g/mol. The minimum absolute atomic E-state index is 0.0195. The van der Waals surface area contributed by atoms with Crippen molar-refractivity contribution in [2.45, 2.75) is 65.6 Å². The molecule has 0 bridgehead atoms. The summed E-state index contributed by atoms with van der Waals surface area (Å²) in [5.74, 6) is -0.0382. The van der Waals surface area contributed by atoms with E-state index in [0.717, 1.165) is 25.7 Å². The van der Waals surface area contributed by atoms with Gasteiger partial charge in [-0.25, -0.2) is 0 Å². The lowest BCUT2D eigenvalue weighted by Crippen LogP contribution is -2.48. The summed E-state index contributed by atoms with van der Waals surface area (Å²) >= 11 is 0. The van der Waals surface area contributed by atoms with Gasteiger partial charge in [0.25, 0.3) is 0 Å². The molecule has 0 spiro atoms. The van der Waals surface area contributed by atoms with Gasteiger partial charge in [-0.05, 0) is 38.2 Å². The molecule has 2 fully saturated rings.